The molecule has 1 N–H and O–H groups in total. The topological polar surface area (TPSA) is 32.7 Å². The van der Waals surface area contributed by atoms with E-state index >= 15 is 0 Å². The van der Waals surface area contributed by atoms with Gasteiger partial charge in [0.25, 0.3) is 0 Å². The second kappa shape index (κ2) is 9.12. The molecule has 3 heteroatoms. The van der Waals surface area contributed by atoms with Crippen molar-refractivity contribution in [2.75, 3.05) is 13.7 Å². The maximum absolute atomic E-state index is 10.7. The molecule has 0 spiro atoms. The van der Waals surface area contributed by atoms with Crippen molar-refractivity contribution in [1.29, 1.82) is 0 Å². The van der Waals surface area contributed by atoms with E-state index in [9.17, 15) is 5.11 Å². The van der Waals surface area contributed by atoms with Crippen LogP contribution >= 0.6 is 0 Å². The Hall–Kier alpha value is -0.120. The molecule has 1 saturated carbocycles. The molecule has 1 saturated heterocycles. The standard InChI is InChI=1S/C18H35NO2/c1-15-16(13-14-21-15)19(2)17-11-9-7-5-3-4-6-8-10-12-18(17)20/h15-18,20H,3-14H2,1-2H3. The number of likely N-dealkylation sites (N-methyl/N-ethyl adjacent to an activating group) is 1. The molecule has 1 aliphatic heterocycles. The maximum atomic E-state index is 10.7. The quantitative estimate of drug-likeness (QED) is 0.843. The molecule has 2 rings (SSSR count). The van der Waals surface area contributed by atoms with Gasteiger partial charge in [-0.2, -0.15) is 0 Å². The van der Waals surface area contributed by atoms with Gasteiger partial charge in [0.1, 0.15) is 0 Å². The Morgan fingerprint density at radius 1 is 0.810 bits per heavy atom. The SMILES string of the molecule is CC1OCCC1N(C)C1CCCCCCCCCCC1O. The van der Waals surface area contributed by atoms with Gasteiger partial charge in [0.05, 0.1) is 12.2 Å². The lowest BCUT2D eigenvalue weighted by atomic mass is 9.93. The minimum absolute atomic E-state index is 0.165. The molecule has 0 aromatic carbocycles. The fraction of sp³-hybridized carbons (Fsp3) is 1.00. The minimum Gasteiger partial charge on any atom is -0.391 e. The smallest absolute Gasteiger partial charge is 0.0703 e. The Kier molecular flexibility index (Phi) is 7.48. The monoisotopic (exact) mass is 297 g/mol. The number of nitrogens with zero attached hydrogens (tertiary/aromatic N) is 1. The van der Waals surface area contributed by atoms with Gasteiger partial charge in [0.15, 0.2) is 0 Å². The Labute approximate surface area is 131 Å². The van der Waals surface area contributed by atoms with Crippen LogP contribution in [0.3, 0.4) is 0 Å². The predicted octanol–water partition coefficient (Wildman–Crippen LogP) is 3.74. The van der Waals surface area contributed by atoms with E-state index in [1.165, 1.54) is 51.4 Å². The number of hydrogen-bond acceptors (Lipinski definition) is 3. The highest BCUT2D eigenvalue weighted by molar-refractivity contribution is 4.87. The van der Waals surface area contributed by atoms with E-state index in [-0.39, 0.29) is 6.10 Å². The lowest BCUT2D eigenvalue weighted by Crippen LogP contribution is -2.49. The van der Waals surface area contributed by atoms with Crippen molar-refractivity contribution in [1.82, 2.24) is 4.90 Å². The van der Waals surface area contributed by atoms with Crippen LogP contribution in [0.15, 0.2) is 0 Å². The summed E-state index contributed by atoms with van der Waals surface area (Å²) in [6.45, 7) is 3.05. The second-order valence-electron chi connectivity index (χ2n) is 7.14. The average molecular weight is 297 g/mol. The Balaban J connectivity index is 1.93. The van der Waals surface area contributed by atoms with Gasteiger partial charge in [0.2, 0.25) is 0 Å². The van der Waals surface area contributed by atoms with Gasteiger partial charge in [-0.25, -0.2) is 0 Å². The summed E-state index contributed by atoms with van der Waals surface area (Å²) < 4.78 is 5.73. The van der Waals surface area contributed by atoms with Gasteiger partial charge in [-0.3, -0.25) is 4.90 Å². The number of aliphatic hydroxyl groups is 1. The zero-order valence-corrected chi connectivity index (χ0v) is 14.1. The van der Waals surface area contributed by atoms with Crippen LogP contribution in [-0.2, 0) is 4.74 Å². The number of aliphatic hydroxyl groups excluding tert-OH is 1. The van der Waals surface area contributed by atoms with Crippen LogP contribution in [0.1, 0.15) is 77.6 Å². The Morgan fingerprint density at radius 3 is 1.95 bits per heavy atom. The molecule has 2 fully saturated rings. The molecule has 2 aliphatic rings. The largest absolute Gasteiger partial charge is 0.391 e. The number of rotatable bonds is 2. The Morgan fingerprint density at radius 2 is 1.38 bits per heavy atom. The molecule has 1 heterocycles. The normalized spacial score (nSPS) is 37.1. The summed E-state index contributed by atoms with van der Waals surface area (Å²) >= 11 is 0. The molecule has 4 unspecified atom stereocenters. The molecule has 1 aliphatic carbocycles. The van der Waals surface area contributed by atoms with E-state index in [1.807, 2.05) is 0 Å². The van der Waals surface area contributed by atoms with Crippen molar-refractivity contribution in [2.24, 2.45) is 0 Å². The highest BCUT2D eigenvalue weighted by Crippen LogP contribution is 2.26. The second-order valence-corrected chi connectivity index (χ2v) is 7.14. The maximum Gasteiger partial charge on any atom is 0.0703 e. The molecule has 0 aromatic rings. The zero-order valence-electron chi connectivity index (χ0n) is 14.1. The summed E-state index contributed by atoms with van der Waals surface area (Å²) in [4.78, 5) is 2.44. The van der Waals surface area contributed by atoms with Crippen LogP contribution in [0, 0.1) is 0 Å². The third-order valence-corrected chi connectivity index (χ3v) is 5.58. The molecular weight excluding hydrogens is 262 g/mol. The first-order valence-electron chi connectivity index (χ1n) is 9.21. The number of hydrogen-bond donors (Lipinski definition) is 1. The third kappa shape index (κ3) is 5.22. The highest BCUT2D eigenvalue weighted by Gasteiger charge is 2.34. The van der Waals surface area contributed by atoms with Crippen LogP contribution in [0.2, 0.25) is 0 Å². The molecule has 124 valence electrons. The summed E-state index contributed by atoms with van der Waals surface area (Å²) in [5, 5.41) is 10.7. The van der Waals surface area contributed by atoms with Crippen molar-refractivity contribution in [3.05, 3.63) is 0 Å². The average Bonchev–Trinajstić information content (AvgIpc) is 2.88. The van der Waals surface area contributed by atoms with Crippen LogP contribution in [-0.4, -0.2) is 48.0 Å². The van der Waals surface area contributed by atoms with Crippen LogP contribution in [0.5, 0.6) is 0 Å². The van der Waals surface area contributed by atoms with Crippen LogP contribution in [0.25, 0.3) is 0 Å². The predicted molar refractivity (Wildman–Crippen MR) is 87.5 cm³/mol. The van der Waals surface area contributed by atoms with Gasteiger partial charge in [-0.15, -0.1) is 0 Å². The lowest BCUT2D eigenvalue weighted by Gasteiger charge is -2.37. The van der Waals surface area contributed by atoms with Gasteiger partial charge in [0, 0.05) is 18.7 Å². The summed E-state index contributed by atoms with van der Waals surface area (Å²) in [6.07, 6.45) is 13.9. The fourth-order valence-electron chi connectivity index (χ4n) is 4.13. The lowest BCUT2D eigenvalue weighted by molar-refractivity contribution is 0.00635. The van der Waals surface area contributed by atoms with Gasteiger partial charge < -0.3 is 9.84 Å². The number of ether oxygens (including phenoxy) is 1. The summed E-state index contributed by atoms with van der Waals surface area (Å²) in [5.74, 6) is 0. The van der Waals surface area contributed by atoms with Crippen molar-refractivity contribution in [2.45, 2.75) is 102 Å². The van der Waals surface area contributed by atoms with Gasteiger partial charge in [-0.05, 0) is 33.2 Å². The van der Waals surface area contributed by atoms with E-state index in [2.05, 4.69) is 18.9 Å². The van der Waals surface area contributed by atoms with Crippen LogP contribution in [0.4, 0.5) is 0 Å². The molecule has 0 radical (unpaired) electrons. The van der Waals surface area contributed by atoms with E-state index < -0.39 is 0 Å². The third-order valence-electron chi connectivity index (χ3n) is 5.58. The Bertz CT molecular complexity index is 284. The fourth-order valence-corrected chi connectivity index (χ4v) is 4.13. The summed E-state index contributed by atoms with van der Waals surface area (Å²) in [6, 6.07) is 0.802. The molecular formula is C18H35NO2. The van der Waals surface area contributed by atoms with Crippen molar-refractivity contribution in [3.8, 4) is 0 Å². The molecule has 0 bridgehead atoms. The van der Waals surface area contributed by atoms with Gasteiger partial charge >= 0.3 is 0 Å². The van der Waals surface area contributed by atoms with E-state index in [4.69, 9.17) is 4.74 Å². The molecule has 0 aromatic heterocycles. The first-order valence-corrected chi connectivity index (χ1v) is 9.21. The first kappa shape index (κ1) is 17.2. The van der Waals surface area contributed by atoms with E-state index in [0.29, 0.717) is 18.2 Å². The molecule has 3 nitrogen and oxygen atoms in total. The molecule has 0 amide bonds. The molecule has 4 atom stereocenters. The highest BCUT2D eigenvalue weighted by atomic mass is 16.5. The van der Waals surface area contributed by atoms with Crippen molar-refractivity contribution < 1.29 is 9.84 Å². The first-order chi connectivity index (χ1) is 10.2. The zero-order chi connectivity index (χ0) is 15.1. The minimum atomic E-state index is -0.165. The van der Waals surface area contributed by atoms with E-state index in [1.54, 1.807) is 0 Å². The van der Waals surface area contributed by atoms with Gasteiger partial charge in [-0.1, -0.05) is 51.4 Å². The van der Waals surface area contributed by atoms with Crippen molar-refractivity contribution >= 4 is 0 Å². The van der Waals surface area contributed by atoms with Crippen LogP contribution < -0.4 is 0 Å². The molecule has 21 heavy (non-hydrogen) atoms. The summed E-state index contributed by atoms with van der Waals surface area (Å²) in [5.41, 5.74) is 0. The van der Waals surface area contributed by atoms with Crippen molar-refractivity contribution in [3.63, 3.8) is 0 Å². The van der Waals surface area contributed by atoms with E-state index in [0.717, 1.165) is 25.9 Å². The summed E-state index contributed by atoms with van der Waals surface area (Å²) in [7, 11) is 2.20.